The maximum atomic E-state index is 12.8. The van der Waals surface area contributed by atoms with Crippen LogP contribution in [0.2, 0.25) is 5.02 Å². The number of halogens is 1. The molecule has 1 aliphatic carbocycles. The quantitative estimate of drug-likeness (QED) is 0.793. The number of carbonyl (C=O) groups excluding carboxylic acids is 1. The van der Waals surface area contributed by atoms with Gasteiger partial charge in [0, 0.05) is 24.0 Å². The summed E-state index contributed by atoms with van der Waals surface area (Å²) < 4.78 is 1.88. The summed E-state index contributed by atoms with van der Waals surface area (Å²) in [5.74, 6) is 0.354. The first-order chi connectivity index (χ1) is 12.6. The molecule has 0 saturated heterocycles. The van der Waals surface area contributed by atoms with Gasteiger partial charge in [-0.2, -0.15) is 5.10 Å². The molecule has 1 amide bonds. The van der Waals surface area contributed by atoms with Crippen LogP contribution in [0.1, 0.15) is 46.8 Å². The first-order valence-electron chi connectivity index (χ1n) is 9.15. The molecule has 1 fully saturated rings. The number of nitrogens with one attached hydrogen (secondary N) is 2. The lowest BCUT2D eigenvalue weighted by Crippen LogP contribution is -2.30. The number of nitrogens with zero attached hydrogens (tertiary/aromatic N) is 2. The van der Waals surface area contributed by atoms with Gasteiger partial charge in [-0.1, -0.05) is 29.3 Å². The number of aryl methyl sites for hydroxylation is 1. The Balaban J connectivity index is 1.58. The number of hydrogen-bond acceptors (Lipinski definition) is 3. The second kappa shape index (κ2) is 7.25. The van der Waals surface area contributed by atoms with Crippen molar-refractivity contribution in [3.8, 4) is 5.69 Å². The van der Waals surface area contributed by atoms with Crippen LogP contribution in [-0.2, 0) is 0 Å². The average molecular weight is 371 g/mol. The molecule has 0 atom stereocenters. The molecule has 0 radical (unpaired) electrons. The fourth-order valence-corrected chi connectivity index (χ4v) is 3.50. The molecule has 2 heterocycles. The highest BCUT2D eigenvalue weighted by Gasteiger charge is 2.33. The van der Waals surface area contributed by atoms with Gasteiger partial charge in [0.05, 0.1) is 23.1 Å². The number of amides is 1. The van der Waals surface area contributed by atoms with E-state index in [1.807, 2.05) is 29.8 Å². The van der Waals surface area contributed by atoms with Gasteiger partial charge in [-0.05, 0) is 50.4 Å². The summed E-state index contributed by atoms with van der Waals surface area (Å²) in [6.45, 7) is 4.43. The summed E-state index contributed by atoms with van der Waals surface area (Å²) in [4.78, 5) is 12.8. The van der Waals surface area contributed by atoms with Gasteiger partial charge in [0.1, 0.15) is 0 Å². The summed E-state index contributed by atoms with van der Waals surface area (Å²) in [6.07, 6.45) is 7.03. The van der Waals surface area contributed by atoms with E-state index in [9.17, 15) is 4.79 Å². The van der Waals surface area contributed by atoms with E-state index in [-0.39, 0.29) is 5.91 Å². The third-order valence-electron chi connectivity index (χ3n) is 5.05. The van der Waals surface area contributed by atoms with Crippen LogP contribution in [0.5, 0.6) is 0 Å². The van der Waals surface area contributed by atoms with Crippen LogP contribution in [0.3, 0.4) is 0 Å². The number of aromatic nitrogens is 2. The Morgan fingerprint density at radius 1 is 1.42 bits per heavy atom. The smallest absolute Gasteiger partial charge is 0.255 e. The van der Waals surface area contributed by atoms with Crippen molar-refractivity contribution >= 4 is 17.5 Å². The Labute approximate surface area is 158 Å². The second-order valence-corrected chi connectivity index (χ2v) is 7.47. The molecule has 136 valence electrons. The van der Waals surface area contributed by atoms with E-state index < -0.39 is 0 Å². The molecule has 26 heavy (non-hydrogen) atoms. The number of hydrogen-bond donors (Lipinski definition) is 2. The SMILES string of the molecule is Cc1ccc(-n2ncc(C(=O)NCC3=CCNCC3)c2C2CC2)cc1Cl. The molecule has 0 bridgehead atoms. The van der Waals surface area contributed by atoms with Gasteiger partial charge in [-0.25, -0.2) is 4.68 Å². The summed E-state index contributed by atoms with van der Waals surface area (Å²) >= 11 is 6.28. The van der Waals surface area contributed by atoms with Gasteiger partial charge in [-0.15, -0.1) is 0 Å². The van der Waals surface area contributed by atoms with Gasteiger partial charge < -0.3 is 10.6 Å². The second-order valence-electron chi connectivity index (χ2n) is 7.06. The van der Waals surface area contributed by atoms with Gasteiger partial charge in [0.25, 0.3) is 5.91 Å². The van der Waals surface area contributed by atoms with E-state index in [4.69, 9.17) is 11.6 Å². The third kappa shape index (κ3) is 3.55. The fraction of sp³-hybridized carbons (Fsp3) is 0.400. The van der Waals surface area contributed by atoms with Crippen LogP contribution in [0.4, 0.5) is 0 Å². The summed E-state index contributed by atoms with van der Waals surface area (Å²) in [5.41, 5.74) is 4.90. The zero-order chi connectivity index (χ0) is 18.1. The van der Waals surface area contributed by atoms with Gasteiger partial charge in [0.15, 0.2) is 0 Å². The molecule has 2 N–H and O–H groups in total. The van der Waals surface area contributed by atoms with Crippen molar-refractivity contribution in [1.29, 1.82) is 0 Å². The predicted octanol–water partition coefficient (Wildman–Crippen LogP) is 3.36. The molecule has 0 spiro atoms. The van der Waals surface area contributed by atoms with Crippen molar-refractivity contribution in [2.75, 3.05) is 19.6 Å². The first kappa shape index (κ1) is 17.3. The van der Waals surface area contributed by atoms with Crippen LogP contribution in [0, 0.1) is 6.92 Å². The van der Waals surface area contributed by atoms with E-state index in [0.717, 1.165) is 49.3 Å². The summed E-state index contributed by atoms with van der Waals surface area (Å²) in [6, 6.07) is 5.90. The Morgan fingerprint density at radius 3 is 2.96 bits per heavy atom. The molecule has 6 heteroatoms. The highest BCUT2D eigenvalue weighted by atomic mass is 35.5. The van der Waals surface area contributed by atoms with Crippen molar-refractivity contribution in [3.05, 3.63) is 57.9 Å². The van der Waals surface area contributed by atoms with Crippen LogP contribution >= 0.6 is 11.6 Å². The van der Waals surface area contributed by atoms with Gasteiger partial charge in [0.2, 0.25) is 0 Å². The minimum atomic E-state index is -0.0456. The van der Waals surface area contributed by atoms with Crippen LogP contribution < -0.4 is 10.6 Å². The fourth-order valence-electron chi connectivity index (χ4n) is 3.32. The topological polar surface area (TPSA) is 59.0 Å². The highest BCUT2D eigenvalue weighted by molar-refractivity contribution is 6.31. The Bertz CT molecular complexity index is 867. The van der Waals surface area contributed by atoms with Gasteiger partial charge >= 0.3 is 0 Å². The van der Waals surface area contributed by atoms with Crippen molar-refractivity contribution in [3.63, 3.8) is 0 Å². The Kier molecular flexibility index (Phi) is 4.83. The predicted molar refractivity (Wildman–Crippen MR) is 103 cm³/mol. The van der Waals surface area contributed by atoms with E-state index in [1.165, 1.54) is 5.57 Å². The molecule has 2 aliphatic rings. The molecule has 1 aliphatic heterocycles. The lowest BCUT2D eigenvalue weighted by atomic mass is 10.1. The van der Waals surface area contributed by atoms with Crippen LogP contribution in [-0.4, -0.2) is 35.3 Å². The van der Waals surface area contributed by atoms with E-state index in [0.29, 0.717) is 23.0 Å². The molecular formula is C20H23ClN4O. The lowest BCUT2D eigenvalue weighted by Gasteiger charge is -2.15. The number of benzene rings is 1. The molecule has 1 saturated carbocycles. The maximum Gasteiger partial charge on any atom is 0.255 e. The summed E-state index contributed by atoms with van der Waals surface area (Å²) in [5, 5.41) is 11.6. The van der Waals surface area contributed by atoms with Crippen LogP contribution in [0.15, 0.2) is 36.0 Å². The highest BCUT2D eigenvalue weighted by Crippen LogP contribution is 2.42. The third-order valence-corrected chi connectivity index (χ3v) is 5.46. The molecular weight excluding hydrogens is 348 g/mol. The number of carbonyl (C=O) groups is 1. The first-order valence-corrected chi connectivity index (χ1v) is 9.52. The molecule has 2 aromatic rings. The maximum absolute atomic E-state index is 12.8. The van der Waals surface area contributed by atoms with Crippen molar-refractivity contribution in [1.82, 2.24) is 20.4 Å². The van der Waals surface area contributed by atoms with Crippen LogP contribution in [0.25, 0.3) is 5.69 Å². The Hall–Kier alpha value is -2.11. The van der Waals surface area contributed by atoms with E-state index >= 15 is 0 Å². The molecule has 5 nitrogen and oxygen atoms in total. The zero-order valence-corrected chi connectivity index (χ0v) is 15.6. The monoisotopic (exact) mass is 370 g/mol. The minimum Gasteiger partial charge on any atom is -0.348 e. The summed E-state index contributed by atoms with van der Waals surface area (Å²) in [7, 11) is 0. The molecule has 1 aromatic carbocycles. The minimum absolute atomic E-state index is 0.0456. The lowest BCUT2D eigenvalue weighted by molar-refractivity contribution is 0.0955. The zero-order valence-electron chi connectivity index (χ0n) is 14.9. The van der Waals surface area contributed by atoms with E-state index in [1.54, 1.807) is 6.20 Å². The Morgan fingerprint density at radius 2 is 2.27 bits per heavy atom. The molecule has 0 unspecified atom stereocenters. The van der Waals surface area contributed by atoms with Crippen molar-refractivity contribution in [2.24, 2.45) is 0 Å². The van der Waals surface area contributed by atoms with Crippen molar-refractivity contribution < 1.29 is 4.79 Å². The normalized spacial score (nSPS) is 17.1. The standard InChI is InChI=1S/C20H23ClN4O/c1-13-2-5-16(10-18(13)21)25-19(15-3-4-15)17(12-24-25)20(26)23-11-14-6-8-22-9-7-14/h2,5-6,10,12,15,22H,3-4,7-9,11H2,1H3,(H,23,26). The largest absolute Gasteiger partial charge is 0.348 e. The average Bonchev–Trinajstić information content (AvgIpc) is 3.41. The van der Waals surface area contributed by atoms with Crippen molar-refractivity contribution in [2.45, 2.75) is 32.1 Å². The number of rotatable bonds is 5. The van der Waals surface area contributed by atoms with Gasteiger partial charge in [-0.3, -0.25) is 4.79 Å². The molecule has 1 aromatic heterocycles. The molecule has 4 rings (SSSR count). The van der Waals surface area contributed by atoms with E-state index in [2.05, 4.69) is 21.8 Å².